The summed E-state index contributed by atoms with van der Waals surface area (Å²) in [6.07, 6.45) is 1.55. The maximum atomic E-state index is 11.9. The molecule has 1 unspecified atom stereocenters. The van der Waals surface area contributed by atoms with E-state index in [4.69, 9.17) is 11.5 Å². The molecule has 0 saturated carbocycles. The molecule has 0 bridgehead atoms. The summed E-state index contributed by atoms with van der Waals surface area (Å²) < 4.78 is 23.8. The number of aliphatic hydroxyl groups is 1. The molecular weight excluding hydrogens is 302 g/mol. The van der Waals surface area contributed by atoms with Crippen LogP contribution in [0.25, 0.3) is 0 Å². The van der Waals surface area contributed by atoms with Crippen LogP contribution in [0, 0.1) is 0 Å². The van der Waals surface area contributed by atoms with Gasteiger partial charge in [-0.1, -0.05) is 0 Å². The quantitative estimate of drug-likeness (QED) is 0.708. The molecule has 2 rings (SSSR count). The number of carbonyl (C=O) groups excluding carboxylic acids is 1. The Hall–Kier alpha value is -1.32. The third-order valence-electron chi connectivity index (χ3n) is 3.22. The number of thiophene rings is 1. The molecule has 7 nitrogen and oxygen atoms in total. The van der Waals surface area contributed by atoms with Crippen molar-refractivity contribution in [1.29, 1.82) is 0 Å². The summed E-state index contributed by atoms with van der Waals surface area (Å²) in [4.78, 5) is 13.0. The normalized spacial score (nSPS) is 23.2. The molecule has 0 spiro atoms. The fourth-order valence-corrected chi connectivity index (χ4v) is 4.87. The Morgan fingerprint density at radius 3 is 2.50 bits per heavy atom. The highest BCUT2D eigenvalue weighted by Crippen LogP contribution is 2.43. The first kappa shape index (κ1) is 15.1. The number of amides is 1. The monoisotopic (exact) mass is 319 g/mol. The first-order valence-electron chi connectivity index (χ1n) is 5.92. The molecule has 1 atom stereocenters. The van der Waals surface area contributed by atoms with E-state index >= 15 is 0 Å². The van der Waals surface area contributed by atoms with E-state index in [-0.39, 0.29) is 22.0 Å². The average Bonchev–Trinajstić information content (AvgIpc) is 2.77. The Morgan fingerprint density at radius 2 is 2.10 bits per heavy atom. The fourth-order valence-electron chi connectivity index (χ4n) is 2.28. The molecule has 1 saturated heterocycles. The molecule has 0 radical (unpaired) electrons. The number of nitrogens with two attached hydrogens (primary N) is 2. The largest absolute Gasteiger partial charge is 0.396 e. The van der Waals surface area contributed by atoms with Crippen LogP contribution in [0.1, 0.15) is 23.0 Å². The van der Waals surface area contributed by atoms with Crippen LogP contribution < -0.4 is 16.4 Å². The van der Waals surface area contributed by atoms with Crippen molar-refractivity contribution in [3.8, 4) is 0 Å². The number of anilines is 2. The topological polar surface area (TPSA) is 127 Å². The van der Waals surface area contributed by atoms with E-state index in [1.807, 2.05) is 0 Å². The zero-order valence-electron chi connectivity index (χ0n) is 11.2. The molecule has 5 N–H and O–H groups in total. The van der Waals surface area contributed by atoms with Gasteiger partial charge in [-0.05, 0) is 13.3 Å². The van der Waals surface area contributed by atoms with Crippen LogP contribution in [0.4, 0.5) is 10.7 Å². The minimum Gasteiger partial charge on any atom is -0.396 e. The van der Waals surface area contributed by atoms with Crippen molar-refractivity contribution in [2.24, 2.45) is 5.73 Å². The van der Waals surface area contributed by atoms with Crippen LogP contribution in [0.3, 0.4) is 0 Å². The highest BCUT2D eigenvalue weighted by molar-refractivity contribution is 7.91. The first-order chi connectivity index (χ1) is 9.03. The molecule has 112 valence electrons. The summed E-state index contributed by atoms with van der Waals surface area (Å²) >= 11 is 0.955. The van der Waals surface area contributed by atoms with Crippen LogP contribution in [-0.2, 0) is 9.84 Å². The highest BCUT2D eigenvalue weighted by Gasteiger charge is 2.36. The SMILES string of the molecule is CC1(O)CCN(c2sc(C(N)=O)c(N)c2S(C)(=O)=O)C1. The lowest BCUT2D eigenvalue weighted by molar-refractivity contribution is 0.0839. The molecule has 1 aromatic rings. The first-order valence-corrected chi connectivity index (χ1v) is 8.63. The van der Waals surface area contributed by atoms with E-state index in [9.17, 15) is 18.3 Å². The minimum atomic E-state index is -3.60. The van der Waals surface area contributed by atoms with Crippen LogP contribution in [0.5, 0.6) is 0 Å². The van der Waals surface area contributed by atoms with Gasteiger partial charge in [-0.3, -0.25) is 4.79 Å². The molecule has 20 heavy (non-hydrogen) atoms. The van der Waals surface area contributed by atoms with Crippen LogP contribution in [-0.4, -0.2) is 44.4 Å². The number of hydrogen-bond donors (Lipinski definition) is 3. The zero-order chi connectivity index (χ0) is 15.3. The molecule has 2 heterocycles. The van der Waals surface area contributed by atoms with Crippen LogP contribution >= 0.6 is 11.3 Å². The Bertz CT molecular complexity index is 663. The molecule has 1 aromatic heterocycles. The Kier molecular flexibility index (Phi) is 3.47. The Morgan fingerprint density at radius 1 is 1.50 bits per heavy atom. The highest BCUT2D eigenvalue weighted by atomic mass is 32.2. The van der Waals surface area contributed by atoms with Crippen molar-refractivity contribution in [2.75, 3.05) is 30.0 Å². The smallest absolute Gasteiger partial charge is 0.261 e. The number of nitrogens with zero attached hydrogens (tertiary/aromatic N) is 1. The molecule has 9 heteroatoms. The van der Waals surface area contributed by atoms with E-state index < -0.39 is 21.3 Å². The summed E-state index contributed by atoms with van der Waals surface area (Å²) in [6.45, 7) is 2.46. The Labute approximate surface area is 121 Å². The molecule has 1 fully saturated rings. The lowest BCUT2D eigenvalue weighted by Crippen LogP contribution is -2.29. The molecule has 1 aliphatic rings. The summed E-state index contributed by atoms with van der Waals surface area (Å²) in [6, 6.07) is 0. The number of rotatable bonds is 3. The van der Waals surface area contributed by atoms with Crippen molar-refractivity contribution in [2.45, 2.75) is 23.8 Å². The van der Waals surface area contributed by atoms with E-state index in [1.54, 1.807) is 11.8 Å². The van der Waals surface area contributed by atoms with Crippen molar-refractivity contribution >= 4 is 37.8 Å². The van der Waals surface area contributed by atoms with Crippen molar-refractivity contribution in [3.63, 3.8) is 0 Å². The number of primary amides is 1. The van der Waals surface area contributed by atoms with Gasteiger partial charge in [-0.2, -0.15) is 0 Å². The predicted molar refractivity (Wildman–Crippen MR) is 77.8 cm³/mol. The van der Waals surface area contributed by atoms with Gasteiger partial charge in [0.2, 0.25) is 0 Å². The van der Waals surface area contributed by atoms with E-state index in [2.05, 4.69) is 0 Å². The number of β-amino-alcohol motifs (C(OH)–C–C–N with tert-alkyl or cyclic N) is 1. The van der Waals surface area contributed by atoms with Gasteiger partial charge < -0.3 is 21.5 Å². The zero-order valence-corrected chi connectivity index (χ0v) is 12.8. The summed E-state index contributed by atoms with van der Waals surface area (Å²) in [5, 5.41) is 10.4. The summed E-state index contributed by atoms with van der Waals surface area (Å²) in [5.74, 6) is -0.755. The van der Waals surface area contributed by atoms with Gasteiger partial charge in [-0.15, -0.1) is 11.3 Å². The van der Waals surface area contributed by atoms with E-state index in [0.29, 0.717) is 18.0 Å². The van der Waals surface area contributed by atoms with Crippen LogP contribution in [0.15, 0.2) is 4.90 Å². The fraction of sp³-hybridized carbons (Fsp3) is 0.545. The number of sulfone groups is 1. The molecule has 0 aromatic carbocycles. The van der Waals surface area contributed by atoms with Gasteiger partial charge in [-0.25, -0.2) is 8.42 Å². The lowest BCUT2D eigenvalue weighted by atomic mass is 10.1. The Balaban J connectivity index is 2.59. The second-order valence-corrected chi connectivity index (χ2v) is 8.24. The van der Waals surface area contributed by atoms with Gasteiger partial charge in [0, 0.05) is 19.3 Å². The lowest BCUT2D eigenvalue weighted by Gasteiger charge is -2.20. The van der Waals surface area contributed by atoms with Gasteiger partial charge >= 0.3 is 0 Å². The maximum Gasteiger partial charge on any atom is 0.261 e. The van der Waals surface area contributed by atoms with Crippen LogP contribution in [0.2, 0.25) is 0 Å². The van der Waals surface area contributed by atoms with Gasteiger partial charge in [0.1, 0.15) is 14.8 Å². The second kappa shape index (κ2) is 4.61. The second-order valence-electron chi connectivity index (χ2n) is 5.28. The van der Waals surface area contributed by atoms with Gasteiger partial charge in [0.25, 0.3) is 5.91 Å². The van der Waals surface area contributed by atoms with Crippen molar-refractivity contribution in [1.82, 2.24) is 0 Å². The van der Waals surface area contributed by atoms with Crippen molar-refractivity contribution < 1.29 is 18.3 Å². The van der Waals surface area contributed by atoms with Gasteiger partial charge in [0.05, 0.1) is 11.3 Å². The number of hydrogen-bond acceptors (Lipinski definition) is 7. The van der Waals surface area contributed by atoms with Gasteiger partial charge in [0.15, 0.2) is 9.84 Å². The molecule has 1 aliphatic heterocycles. The molecular formula is C11H17N3O4S2. The molecule has 0 aliphatic carbocycles. The van der Waals surface area contributed by atoms with E-state index in [1.165, 1.54) is 0 Å². The maximum absolute atomic E-state index is 11.9. The number of carbonyl (C=O) groups is 1. The standard InChI is InChI=1S/C11H17N3O4S2/c1-11(16)3-4-14(5-11)10-8(20(2,17)18)6(12)7(19-10)9(13)15/h16H,3-5,12H2,1-2H3,(H2,13,15). The van der Waals surface area contributed by atoms with Crippen molar-refractivity contribution in [3.05, 3.63) is 4.88 Å². The van der Waals surface area contributed by atoms with E-state index in [0.717, 1.165) is 17.6 Å². The number of nitrogen functional groups attached to an aromatic ring is 1. The third-order valence-corrected chi connectivity index (χ3v) is 5.78. The third kappa shape index (κ3) is 2.60. The summed E-state index contributed by atoms with van der Waals surface area (Å²) in [7, 11) is -3.60. The summed E-state index contributed by atoms with van der Waals surface area (Å²) in [5.41, 5.74) is 9.99. The average molecular weight is 319 g/mol. The molecule has 1 amide bonds. The minimum absolute atomic E-state index is 0.0342. The predicted octanol–water partition coefficient (Wildman–Crippen LogP) is -0.206.